The molecule has 1 aliphatic heterocycles. The Balaban J connectivity index is 1.22. The van der Waals surface area contributed by atoms with Crippen LogP contribution >= 0.6 is 11.6 Å². The number of ether oxygens (including phenoxy) is 1. The number of hydrogen-bond acceptors (Lipinski definition) is 7. The van der Waals surface area contributed by atoms with Crippen molar-refractivity contribution in [2.45, 2.75) is 39.8 Å². The Morgan fingerprint density at radius 3 is 2.43 bits per heavy atom. The van der Waals surface area contributed by atoms with Crippen molar-refractivity contribution >= 4 is 23.3 Å². The van der Waals surface area contributed by atoms with E-state index in [2.05, 4.69) is 48.1 Å². The molecular weight excluding hydrogens is 466 g/mol. The highest BCUT2D eigenvalue weighted by molar-refractivity contribution is 6.31. The fourth-order valence-corrected chi connectivity index (χ4v) is 6.74. The molecule has 2 saturated carbocycles. The number of halogens is 1. The Hall–Kier alpha value is -2.89. The van der Waals surface area contributed by atoms with Crippen LogP contribution in [0.3, 0.4) is 0 Å². The van der Waals surface area contributed by atoms with E-state index in [1.807, 2.05) is 12.1 Å². The van der Waals surface area contributed by atoms with Gasteiger partial charge < -0.3 is 20.1 Å². The lowest BCUT2D eigenvalue weighted by molar-refractivity contribution is -0.164. The van der Waals surface area contributed by atoms with Crippen LogP contribution in [0.25, 0.3) is 0 Å². The molecule has 2 N–H and O–H groups in total. The quantitative estimate of drug-likeness (QED) is 0.632. The van der Waals surface area contributed by atoms with Crippen molar-refractivity contribution in [1.82, 2.24) is 15.5 Å². The minimum absolute atomic E-state index is 0.149. The Kier molecular flexibility index (Phi) is 5.69. The maximum absolute atomic E-state index is 13.0. The smallest absolute Gasteiger partial charge is 0.272 e. The predicted molar refractivity (Wildman–Crippen MR) is 131 cm³/mol. The predicted octanol–water partition coefficient (Wildman–Crippen LogP) is 3.29. The first kappa shape index (κ1) is 23.8. The average Bonchev–Trinajstić information content (AvgIpc) is 3.30. The van der Waals surface area contributed by atoms with E-state index in [1.54, 1.807) is 24.3 Å². The van der Waals surface area contributed by atoms with Gasteiger partial charge >= 0.3 is 0 Å². The number of aliphatic hydroxyl groups is 1. The second kappa shape index (κ2) is 8.35. The van der Waals surface area contributed by atoms with Crippen molar-refractivity contribution in [3.05, 3.63) is 46.6 Å². The third-order valence-electron chi connectivity index (χ3n) is 8.22. The summed E-state index contributed by atoms with van der Waals surface area (Å²) in [4.78, 5) is 15.2. The van der Waals surface area contributed by atoms with Crippen LogP contribution in [0, 0.1) is 39.9 Å². The number of nitriles is 1. The molecule has 35 heavy (non-hydrogen) atoms. The van der Waals surface area contributed by atoms with Crippen molar-refractivity contribution in [2.75, 3.05) is 24.6 Å². The van der Waals surface area contributed by atoms with Gasteiger partial charge in [-0.2, -0.15) is 5.26 Å². The van der Waals surface area contributed by atoms with Gasteiger partial charge in [0.05, 0.1) is 10.6 Å². The maximum Gasteiger partial charge on any atom is 0.272 e. The number of piperidine rings is 1. The molecule has 1 amide bonds. The molecule has 0 spiro atoms. The minimum atomic E-state index is -0.354. The molecule has 184 valence electrons. The summed E-state index contributed by atoms with van der Waals surface area (Å²) in [7, 11) is 0. The monoisotopic (exact) mass is 495 g/mol. The topological polar surface area (TPSA) is 111 Å². The van der Waals surface area contributed by atoms with E-state index in [0.29, 0.717) is 34.1 Å². The number of benzene rings is 1. The van der Waals surface area contributed by atoms with Crippen LogP contribution in [0.5, 0.6) is 5.75 Å². The number of hydrogen-bond donors (Lipinski definition) is 2. The van der Waals surface area contributed by atoms with E-state index in [-0.39, 0.29) is 41.2 Å². The molecule has 8 nitrogen and oxygen atoms in total. The van der Waals surface area contributed by atoms with Gasteiger partial charge in [0.25, 0.3) is 5.91 Å². The number of aromatic nitrogens is 2. The van der Waals surface area contributed by atoms with E-state index in [1.165, 1.54) is 0 Å². The van der Waals surface area contributed by atoms with Gasteiger partial charge in [0.15, 0.2) is 11.5 Å². The number of carbonyl (C=O) groups excluding carboxylic acids is 1. The zero-order valence-electron chi connectivity index (χ0n) is 20.3. The van der Waals surface area contributed by atoms with Gasteiger partial charge in [0.1, 0.15) is 17.9 Å². The van der Waals surface area contributed by atoms with E-state index in [4.69, 9.17) is 21.6 Å². The second-order valence-corrected chi connectivity index (χ2v) is 11.6. The van der Waals surface area contributed by atoms with E-state index < -0.39 is 0 Å². The van der Waals surface area contributed by atoms with Gasteiger partial charge in [-0.05, 0) is 42.0 Å². The summed E-state index contributed by atoms with van der Waals surface area (Å²) in [5, 5.41) is 30.4. The van der Waals surface area contributed by atoms with Crippen LogP contribution in [0.15, 0.2) is 30.3 Å². The minimum Gasteiger partial charge on any atom is -0.489 e. The summed E-state index contributed by atoms with van der Waals surface area (Å²) in [5.74, 6) is 2.62. The Morgan fingerprint density at radius 1 is 1.20 bits per heavy atom. The summed E-state index contributed by atoms with van der Waals surface area (Å²) in [6, 6.07) is 10.5. The number of rotatable bonds is 6. The molecule has 2 atom stereocenters. The third-order valence-corrected chi connectivity index (χ3v) is 8.53. The molecule has 2 unspecified atom stereocenters. The molecule has 0 bridgehead atoms. The van der Waals surface area contributed by atoms with Gasteiger partial charge in [-0.15, -0.1) is 10.2 Å². The van der Waals surface area contributed by atoms with Crippen LogP contribution < -0.4 is 15.0 Å². The Bertz CT molecular complexity index is 1160. The average molecular weight is 496 g/mol. The first-order valence-corrected chi connectivity index (χ1v) is 12.3. The van der Waals surface area contributed by atoms with Crippen molar-refractivity contribution in [3.63, 3.8) is 0 Å². The van der Waals surface area contributed by atoms with Crippen LogP contribution in [0.4, 0.5) is 5.82 Å². The fraction of sp³-hybridized carbons (Fsp3) is 0.538. The highest BCUT2D eigenvalue weighted by Gasteiger charge is 2.64. The van der Waals surface area contributed by atoms with Crippen LogP contribution in [0.2, 0.25) is 5.02 Å². The SMILES string of the molecule is CC1(C)C(NC(=O)c2ccc(N3CC4C(CO)C4C3)nn2)C(C)(C)C1Oc1ccc(C#N)c(Cl)c1. The fourth-order valence-electron chi connectivity index (χ4n) is 6.52. The first-order chi connectivity index (χ1) is 16.6. The second-order valence-electron chi connectivity index (χ2n) is 11.2. The van der Waals surface area contributed by atoms with Gasteiger partial charge in [0, 0.05) is 42.6 Å². The number of anilines is 1. The van der Waals surface area contributed by atoms with Gasteiger partial charge in [0.2, 0.25) is 0 Å². The molecule has 9 heteroatoms. The number of nitrogens with one attached hydrogen (secondary N) is 1. The molecule has 3 fully saturated rings. The molecule has 2 heterocycles. The van der Waals surface area contributed by atoms with Crippen LogP contribution in [-0.4, -0.2) is 53.1 Å². The first-order valence-electron chi connectivity index (χ1n) is 11.9. The Labute approximate surface area is 210 Å². The van der Waals surface area contributed by atoms with Gasteiger partial charge in [-0.25, -0.2) is 0 Å². The van der Waals surface area contributed by atoms with Gasteiger partial charge in [-0.3, -0.25) is 4.79 Å². The molecule has 2 aromatic rings. The molecular formula is C26H30ClN5O3. The van der Waals surface area contributed by atoms with E-state index >= 15 is 0 Å². The number of aliphatic hydroxyl groups excluding tert-OH is 1. The number of fused-ring (bicyclic) bond motifs is 1. The standard InChI is InChI=1S/C26H30ClN5O3/c1-25(2)23(26(3,4)24(25)35-15-6-5-14(10-28)19(27)9-15)29-22(34)20-7-8-21(31-30-20)32-11-16-17(12-32)18(16)13-33/h5-9,16-18,23-24,33H,11-13H2,1-4H3,(H,29,34). The van der Waals surface area contributed by atoms with Crippen LogP contribution in [-0.2, 0) is 0 Å². The highest BCUT2D eigenvalue weighted by atomic mass is 35.5. The summed E-state index contributed by atoms with van der Waals surface area (Å²) in [5.41, 5.74) is -0.0279. The highest BCUT2D eigenvalue weighted by Crippen LogP contribution is 2.55. The lowest BCUT2D eigenvalue weighted by Crippen LogP contribution is -2.74. The van der Waals surface area contributed by atoms with E-state index in [0.717, 1.165) is 18.9 Å². The maximum atomic E-state index is 13.0. The normalized spacial score (nSPS) is 29.5. The molecule has 1 aromatic heterocycles. The summed E-state index contributed by atoms with van der Waals surface area (Å²) >= 11 is 6.17. The summed E-state index contributed by atoms with van der Waals surface area (Å²) in [6.07, 6.45) is -0.179. The lowest BCUT2D eigenvalue weighted by atomic mass is 9.49. The van der Waals surface area contributed by atoms with Crippen molar-refractivity contribution in [2.24, 2.45) is 28.6 Å². The zero-order chi connectivity index (χ0) is 25.1. The molecule has 0 radical (unpaired) electrons. The van der Waals surface area contributed by atoms with Crippen molar-refractivity contribution < 1.29 is 14.6 Å². The third kappa shape index (κ3) is 3.91. The molecule has 1 aromatic carbocycles. The largest absolute Gasteiger partial charge is 0.489 e. The van der Waals surface area contributed by atoms with Crippen molar-refractivity contribution in [3.8, 4) is 11.8 Å². The number of carbonyl (C=O) groups is 1. The number of nitrogens with zero attached hydrogens (tertiary/aromatic N) is 4. The lowest BCUT2D eigenvalue weighted by Gasteiger charge is -2.63. The van der Waals surface area contributed by atoms with Crippen LogP contribution in [0.1, 0.15) is 43.7 Å². The van der Waals surface area contributed by atoms with E-state index in [9.17, 15) is 9.90 Å². The molecule has 2 aliphatic carbocycles. The Morgan fingerprint density at radius 2 is 1.89 bits per heavy atom. The summed E-state index contributed by atoms with van der Waals surface area (Å²) in [6.45, 7) is 10.3. The molecule has 1 saturated heterocycles. The zero-order valence-corrected chi connectivity index (χ0v) is 21.1. The number of amides is 1. The summed E-state index contributed by atoms with van der Waals surface area (Å²) < 4.78 is 6.28. The molecule has 5 rings (SSSR count). The van der Waals surface area contributed by atoms with Crippen molar-refractivity contribution in [1.29, 1.82) is 5.26 Å². The van der Waals surface area contributed by atoms with Gasteiger partial charge in [-0.1, -0.05) is 39.3 Å². The molecule has 3 aliphatic rings.